The van der Waals surface area contributed by atoms with Crippen LogP contribution in [0.5, 0.6) is 5.75 Å². The number of nitrogens with zero attached hydrogens (tertiary/aromatic N) is 1. The maximum absolute atomic E-state index is 13.4. The van der Waals surface area contributed by atoms with Crippen LogP contribution in [0.1, 0.15) is 11.1 Å². The molecule has 5 nitrogen and oxygen atoms in total. The van der Waals surface area contributed by atoms with E-state index >= 15 is 0 Å². The topological polar surface area (TPSA) is 76.7 Å². The average molecular weight is 305 g/mol. The van der Waals surface area contributed by atoms with Gasteiger partial charge in [0.2, 0.25) is 0 Å². The summed E-state index contributed by atoms with van der Waals surface area (Å²) >= 11 is 0. The molecule has 0 aromatic heterocycles. The Balaban J connectivity index is 2.04. The van der Waals surface area contributed by atoms with Crippen molar-refractivity contribution >= 4 is 12.2 Å². The first-order valence-electron chi connectivity index (χ1n) is 6.30. The fourth-order valence-electron chi connectivity index (χ4n) is 1.71. The maximum atomic E-state index is 13.4. The molecule has 0 aliphatic heterocycles. The molecule has 2 amide bonds. The summed E-state index contributed by atoms with van der Waals surface area (Å²) in [7, 11) is 0. The molecule has 0 spiro atoms. The van der Waals surface area contributed by atoms with Crippen molar-refractivity contribution in [3.8, 4) is 5.75 Å². The lowest BCUT2D eigenvalue weighted by molar-refractivity contribution is 0.249. The number of primary amides is 1. The lowest BCUT2D eigenvalue weighted by atomic mass is 10.1. The molecule has 0 aliphatic rings. The first kappa shape index (κ1) is 15.4. The van der Waals surface area contributed by atoms with Crippen molar-refractivity contribution in [1.82, 2.24) is 5.43 Å². The third-order valence-corrected chi connectivity index (χ3v) is 2.64. The van der Waals surface area contributed by atoms with Gasteiger partial charge >= 0.3 is 6.03 Å². The lowest BCUT2D eigenvalue weighted by Gasteiger charge is -2.08. The number of nitrogens with one attached hydrogen (secondary N) is 1. The third-order valence-electron chi connectivity index (χ3n) is 2.64. The van der Waals surface area contributed by atoms with Gasteiger partial charge in [-0.15, -0.1) is 0 Å². The number of amides is 2. The fraction of sp³-hybridized carbons (Fsp3) is 0.0667. The fourth-order valence-corrected chi connectivity index (χ4v) is 1.71. The summed E-state index contributed by atoms with van der Waals surface area (Å²) in [5, 5.41) is 3.62. The van der Waals surface area contributed by atoms with Crippen molar-refractivity contribution < 1.29 is 18.3 Å². The van der Waals surface area contributed by atoms with Gasteiger partial charge in [0, 0.05) is 0 Å². The first-order chi connectivity index (χ1) is 10.6. The Morgan fingerprint density at radius 2 is 1.91 bits per heavy atom. The minimum Gasteiger partial charge on any atom is -0.483 e. The normalized spacial score (nSPS) is 10.6. The van der Waals surface area contributed by atoms with E-state index in [-0.39, 0.29) is 6.61 Å². The van der Waals surface area contributed by atoms with Crippen LogP contribution in [-0.2, 0) is 6.61 Å². The van der Waals surface area contributed by atoms with Crippen LogP contribution in [0.4, 0.5) is 13.6 Å². The highest BCUT2D eigenvalue weighted by Gasteiger charge is 2.09. The zero-order chi connectivity index (χ0) is 15.9. The Hall–Kier alpha value is -2.96. The zero-order valence-corrected chi connectivity index (χ0v) is 11.4. The van der Waals surface area contributed by atoms with Gasteiger partial charge in [-0.05, 0) is 29.3 Å². The smallest absolute Gasteiger partial charge is 0.332 e. The molecule has 2 aromatic carbocycles. The molecule has 0 aliphatic carbocycles. The SMILES string of the molecule is NC(=O)NN=Cc1cccc(COc2c(F)cccc2F)c1. The Bertz CT molecular complexity index is 685. The molecule has 114 valence electrons. The largest absolute Gasteiger partial charge is 0.483 e. The number of hydrazone groups is 1. The average Bonchev–Trinajstić information content (AvgIpc) is 2.47. The van der Waals surface area contributed by atoms with Crippen LogP contribution in [0, 0.1) is 11.6 Å². The number of hydrogen-bond donors (Lipinski definition) is 2. The van der Waals surface area contributed by atoms with E-state index in [0.29, 0.717) is 11.1 Å². The number of ether oxygens (including phenoxy) is 1. The minimum absolute atomic E-state index is 0.0111. The lowest BCUT2D eigenvalue weighted by Crippen LogP contribution is -2.24. The summed E-state index contributed by atoms with van der Waals surface area (Å²) < 4.78 is 32.0. The van der Waals surface area contributed by atoms with E-state index in [9.17, 15) is 13.6 Å². The number of para-hydroxylation sites is 1. The predicted octanol–water partition coefficient (Wildman–Crippen LogP) is 2.55. The molecular formula is C15H13F2N3O2. The summed E-state index contributed by atoms with van der Waals surface area (Å²) in [6, 6.07) is 9.63. The van der Waals surface area contributed by atoms with Crippen LogP contribution in [0.2, 0.25) is 0 Å². The van der Waals surface area contributed by atoms with Crippen LogP contribution in [-0.4, -0.2) is 12.2 Å². The van der Waals surface area contributed by atoms with E-state index in [1.165, 1.54) is 12.3 Å². The molecule has 0 radical (unpaired) electrons. The second-order valence-corrected chi connectivity index (χ2v) is 4.32. The zero-order valence-electron chi connectivity index (χ0n) is 11.4. The minimum atomic E-state index is -0.772. The molecule has 0 bridgehead atoms. The number of rotatable bonds is 5. The standard InChI is InChI=1S/C15H13F2N3O2/c16-12-5-2-6-13(17)14(12)22-9-11-4-1-3-10(7-11)8-19-20-15(18)21/h1-8H,9H2,(H3,18,20,21). The van der Waals surface area contributed by atoms with Crippen LogP contribution < -0.4 is 15.9 Å². The van der Waals surface area contributed by atoms with E-state index in [1.807, 2.05) is 0 Å². The molecular weight excluding hydrogens is 292 g/mol. The molecule has 0 heterocycles. The Kier molecular flexibility index (Phi) is 5.02. The van der Waals surface area contributed by atoms with Crippen molar-refractivity contribution in [3.05, 3.63) is 65.2 Å². The van der Waals surface area contributed by atoms with Crippen molar-refractivity contribution in [2.45, 2.75) is 6.61 Å². The van der Waals surface area contributed by atoms with Gasteiger partial charge in [0.05, 0.1) is 6.21 Å². The van der Waals surface area contributed by atoms with Crippen LogP contribution in [0.15, 0.2) is 47.6 Å². The van der Waals surface area contributed by atoms with Gasteiger partial charge in [-0.2, -0.15) is 5.10 Å². The number of halogens is 2. The van der Waals surface area contributed by atoms with Crippen molar-refractivity contribution in [2.24, 2.45) is 10.8 Å². The molecule has 2 aromatic rings. The van der Waals surface area contributed by atoms with Gasteiger partial charge < -0.3 is 10.5 Å². The third kappa shape index (κ3) is 4.27. The number of benzene rings is 2. The van der Waals surface area contributed by atoms with Crippen molar-refractivity contribution in [3.63, 3.8) is 0 Å². The Morgan fingerprint density at radius 1 is 1.23 bits per heavy atom. The van der Waals surface area contributed by atoms with Crippen molar-refractivity contribution in [2.75, 3.05) is 0 Å². The molecule has 7 heteroatoms. The number of hydrogen-bond acceptors (Lipinski definition) is 3. The molecule has 0 saturated carbocycles. The number of urea groups is 1. The predicted molar refractivity (Wildman–Crippen MR) is 77.4 cm³/mol. The van der Waals surface area contributed by atoms with Crippen molar-refractivity contribution in [1.29, 1.82) is 0 Å². The van der Waals surface area contributed by atoms with Gasteiger partial charge in [-0.3, -0.25) is 0 Å². The van der Waals surface area contributed by atoms with Crippen LogP contribution in [0.3, 0.4) is 0 Å². The summed E-state index contributed by atoms with van der Waals surface area (Å²) in [5.41, 5.74) is 8.29. The first-order valence-corrected chi connectivity index (χ1v) is 6.30. The highest BCUT2D eigenvalue weighted by molar-refractivity contribution is 5.81. The molecule has 0 unspecified atom stereocenters. The van der Waals surface area contributed by atoms with E-state index in [1.54, 1.807) is 24.3 Å². The maximum Gasteiger partial charge on any atom is 0.332 e. The number of carbonyl (C=O) groups is 1. The van der Waals surface area contributed by atoms with Gasteiger partial charge in [0.15, 0.2) is 17.4 Å². The van der Waals surface area contributed by atoms with E-state index in [4.69, 9.17) is 10.5 Å². The molecule has 0 atom stereocenters. The Morgan fingerprint density at radius 3 is 2.59 bits per heavy atom. The van der Waals surface area contributed by atoms with Gasteiger partial charge in [-0.1, -0.05) is 24.3 Å². The van der Waals surface area contributed by atoms with Crippen LogP contribution >= 0.6 is 0 Å². The highest BCUT2D eigenvalue weighted by Crippen LogP contribution is 2.22. The molecule has 3 N–H and O–H groups in total. The summed E-state index contributed by atoms with van der Waals surface area (Å²) in [5.74, 6) is -1.94. The highest BCUT2D eigenvalue weighted by atomic mass is 19.1. The van der Waals surface area contributed by atoms with E-state index < -0.39 is 23.4 Å². The second-order valence-electron chi connectivity index (χ2n) is 4.32. The molecule has 2 rings (SSSR count). The number of carbonyl (C=O) groups excluding carboxylic acids is 1. The van der Waals surface area contributed by atoms with Gasteiger partial charge in [-0.25, -0.2) is 19.0 Å². The molecule has 0 saturated heterocycles. The second kappa shape index (κ2) is 7.16. The summed E-state index contributed by atoms with van der Waals surface area (Å²) in [4.78, 5) is 10.5. The van der Waals surface area contributed by atoms with Gasteiger partial charge in [0.1, 0.15) is 6.61 Å². The summed E-state index contributed by atoms with van der Waals surface area (Å²) in [6.07, 6.45) is 1.39. The van der Waals surface area contributed by atoms with Crippen LogP contribution in [0.25, 0.3) is 0 Å². The molecule has 0 fully saturated rings. The van der Waals surface area contributed by atoms with Gasteiger partial charge in [0.25, 0.3) is 0 Å². The quantitative estimate of drug-likeness (QED) is 0.658. The monoisotopic (exact) mass is 305 g/mol. The molecule has 22 heavy (non-hydrogen) atoms. The van der Waals surface area contributed by atoms with E-state index in [0.717, 1.165) is 12.1 Å². The van der Waals surface area contributed by atoms with E-state index in [2.05, 4.69) is 10.5 Å². The number of nitrogens with two attached hydrogens (primary N) is 1. The summed E-state index contributed by atoms with van der Waals surface area (Å²) in [6.45, 7) is -0.0111. The Labute approximate surface area is 125 Å².